The molecule has 0 unspecified atom stereocenters. The van der Waals surface area contributed by atoms with Crippen molar-refractivity contribution in [2.24, 2.45) is 0 Å². The fourth-order valence-corrected chi connectivity index (χ4v) is 2.37. The van der Waals surface area contributed by atoms with Gasteiger partial charge < -0.3 is 5.32 Å². The second kappa shape index (κ2) is 3.44. The van der Waals surface area contributed by atoms with Gasteiger partial charge in [0.05, 0.1) is 10.4 Å². The van der Waals surface area contributed by atoms with Crippen molar-refractivity contribution >= 4 is 21.6 Å². The lowest BCUT2D eigenvalue weighted by molar-refractivity contribution is 0.824. The molecule has 2 nitrogen and oxygen atoms in total. The summed E-state index contributed by atoms with van der Waals surface area (Å²) in [5.74, 6) is 0. The number of aryl methyl sites for hydroxylation is 1. The Morgan fingerprint density at radius 3 is 3.08 bits per heavy atom. The first-order valence-electron chi connectivity index (χ1n) is 4.31. The predicted molar refractivity (Wildman–Crippen MR) is 57.1 cm³/mol. The lowest BCUT2D eigenvalue weighted by Gasteiger charge is -2.00. The maximum absolute atomic E-state index is 4.35. The number of hydrogen-bond donors (Lipinski definition) is 1. The predicted octanol–water partition coefficient (Wildman–Crippen LogP) is 2.32. The molecule has 68 valence electrons. The maximum Gasteiger partial charge on any atom is 0.0597 e. The molecule has 0 saturated carbocycles. The molecule has 0 bridgehead atoms. The third kappa shape index (κ3) is 1.45. The van der Waals surface area contributed by atoms with Gasteiger partial charge in [-0.25, -0.2) is 0 Å². The van der Waals surface area contributed by atoms with Gasteiger partial charge in [0.1, 0.15) is 0 Å². The third-order valence-corrected chi connectivity index (χ3v) is 3.16. The van der Waals surface area contributed by atoms with E-state index in [2.05, 4.69) is 34.8 Å². The summed E-state index contributed by atoms with van der Waals surface area (Å²) in [7, 11) is 1.97. The highest BCUT2D eigenvalue weighted by Crippen LogP contribution is 2.25. The molecule has 0 aliphatic carbocycles. The number of benzene rings is 1. The zero-order valence-corrected chi connectivity index (χ0v) is 8.61. The summed E-state index contributed by atoms with van der Waals surface area (Å²) >= 11 is 1.59. The molecule has 2 aromatic rings. The van der Waals surface area contributed by atoms with Crippen LogP contribution in [0.2, 0.25) is 0 Å². The molecule has 13 heavy (non-hydrogen) atoms. The van der Waals surface area contributed by atoms with Crippen LogP contribution in [0.5, 0.6) is 0 Å². The Kier molecular flexibility index (Phi) is 2.29. The van der Waals surface area contributed by atoms with Crippen LogP contribution in [-0.4, -0.2) is 11.4 Å². The molecule has 3 heteroatoms. The van der Waals surface area contributed by atoms with Crippen molar-refractivity contribution < 1.29 is 0 Å². The summed E-state index contributed by atoms with van der Waals surface area (Å²) in [6.07, 6.45) is 0. The zero-order chi connectivity index (χ0) is 9.26. The smallest absolute Gasteiger partial charge is 0.0597 e. The van der Waals surface area contributed by atoms with Crippen LogP contribution in [0.15, 0.2) is 18.2 Å². The highest BCUT2D eigenvalue weighted by molar-refractivity contribution is 7.13. The van der Waals surface area contributed by atoms with Gasteiger partial charge in [-0.05, 0) is 31.1 Å². The highest BCUT2D eigenvalue weighted by atomic mass is 32.1. The van der Waals surface area contributed by atoms with Crippen LogP contribution in [0.25, 0.3) is 10.1 Å². The molecular weight excluding hydrogens is 180 g/mol. The summed E-state index contributed by atoms with van der Waals surface area (Å²) < 4.78 is 5.67. The molecule has 0 fully saturated rings. The van der Waals surface area contributed by atoms with E-state index in [1.165, 1.54) is 15.6 Å². The van der Waals surface area contributed by atoms with Crippen LogP contribution in [-0.2, 0) is 6.54 Å². The van der Waals surface area contributed by atoms with Gasteiger partial charge in [-0.3, -0.25) is 0 Å². The molecular formula is C10H12N2S. The van der Waals surface area contributed by atoms with Gasteiger partial charge in [0.15, 0.2) is 0 Å². The average Bonchev–Trinajstić information content (AvgIpc) is 2.50. The van der Waals surface area contributed by atoms with E-state index in [0.717, 1.165) is 12.2 Å². The van der Waals surface area contributed by atoms with Crippen molar-refractivity contribution in [2.45, 2.75) is 13.5 Å². The standard InChI is InChI=1S/C10H12N2S/c1-7-9-5-3-4-8(6-11-2)10(9)13-12-7/h3-5,11H,6H2,1-2H3. The second-order valence-electron chi connectivity index (χ2n) is 3.09. The summed E-state index contributed by atoms with van der Waals surface area (Å²) in [4.78, 5) is 0. The molecule has 0 spiro atoms. The lowest BCUT2D eigenvalue weighted by atomic mass is 10.1. The summed E-state index contributed by atoms with van der Waals surface area (Å²) in [5, 5.41) is 4.45. The molecule has 0 aliphatic rings. The summed E-state index contributed by atoms with van der Waals surface area (Å²) in [6.45, 7) is 2.97. The van der Waals surface area contributed by atoms with E-state index in [1.807, 2.05) is 7.05 Å². The van der Waals surface area contributed by atoms with E-state index in [-0.39, 0.29) is 0 Å². The van der Waals surface area contributed by atoms with Crippen LogP contribution in [0, 0.1) is 6.92 Å². The number of fused-ring (bicyclic) bond motifs is 1. The van der Waals surface area contributed by atoms with Crippen molar-refractivity contribution in [1.82, 2.24) is 9.69 Å². The minimum atomic E-state index is 0.916. The van der Waals surface area contributed by atoms with Crippen LogP contribution in [0.4, 0.5) is 0 Å². The van der Waals surface area contributed by atoms with Crippen molar-refractivity contribution in [2.75, 3.05) is 7.05 Å². The topological polar surface area (TPSA) is 24.9 Å². The van der Waals surface area contributed by atoms with Crippen molar-refractivity contribution in [1.29, 1.82) is 0 Å². The number of hydrogen-bond acceptors (Lipinski definition) is 3. The van der Waals surface area contributed by atoms with Gasteiger partial charge in [-0.15, -0.1) is 0 Å². The van der Waals surface area contributed by atoms with E-state index in [9.17, 15) is 0 Å². The molecule has 1 aromatic heterocycles. The molecule has 0 aliphatic heterocycles. The van der Waals surface area contributed by atoms with Crippen LogP contribution >= 0.6 is 11.5 Å². The second-order valence-corrected chi connectivity index (χ2v) is 3.87. The van der Waals surface area contributed by atoms with E-state index < -0.39 is 0 Å². The maximum atomic E-state index is 4.35. The number of nitrogens with zero attached hydrogens (tertiary/aromatic N) is 1. The first-order valence-corrected chi connectivity index (χ1v) is 5.08. The Hall–Kier alpha value is -0.930. The molecule has 1 heterocycles. The van der Waals surface area contributed by atoms with E-state index in [1.54, 1.807) is 11.5 Å². The molecule has 0 saturated heterocycles. The van der Waals surface area contributed by atoms with Gasteiger partial charge in [0, 0.05) is 11.9 Å². The average molecular weight is 192 g/mol. The fraction of sp³-hybridized carbons (Fsp3) is 0.300. The molecule has 0 radical (unpaired) electrons. The van der Waals surface area contributed by atoms with Gasteiger partial charge in [0.2, 0.25) is 0 Å². The van der Waals surface area contributed by atoms with Gasteiger partial charge >= 0.3 is 0 Å². The van der Waals surface area contributed by atoms with Crippen molar-refractivity contribution in [3.05, 3.63) is 29.5 Å². The van der Waals surface area contributed by atoms with Crippen LogP contribution in [0.3, 0.4) is 0 Å². The van der Waals surface area contributed by atoms with E-state index >= 15 is 0 Å². The molecule has 0 atom stereocenters. The Morgan fingerprint density at radius 2 is 2.31 bits per heavy atom. The molecule has 1 N–H and O–H groups in total. The lowest BCUT2D eigenvalue weighted by Crippen LogP contribution is -2.04. The van der Waals surface area contributed by atoms with Crippen LogP contribution < -0.4 is 5.32 Å². The quantitative estimate of drug-likeness (QED) is 0.790. The fourth-order valence-electron chi connectivity index (χ4n) is 1.47. The van der Waals surface area contributed by atoms with Crippen LogP contribution in [0.1, 0.15) is 11.3 Å². The minimum absolute atomic E-state index is 0.916. The molecule has 0 amide bonds. The third-order valence-electron chi connectivity index (χ3n) is 2.13. The molecule has 1 aromatic carbocycles. The SMILES string of the molecule is CNCc1cccc2c(C)nsc12. The van der Waals surface area contributed by atoms with Gasteiger partial charge in [-0.2, -0.15) is 4.37 Å². The number of nitrogens with one attached hydrogen (secondary N) is 1. The normalized spacial score (nSPS) is 10.9. The Bertz CT molecular complexity index is 420. The van der Waals surface area contributed by atoms with Gasteiger partial charge in [0.25, 0.3) is 0 Å². The van der Waals surface area contributed by atoms with E-state index in [4.69, 9.17) is 0 Å². The number of rotatable bonds is 2. The largest absolute Gasteiger partial charge is 0.316 e. The Morgan fingerprint density at radius 1 is 1.46 bits per heavy atom. The summed E-state index contributed by atoms with van der Waals surface area (Å²) in [6, 6.07) is 6.38. The molecule has 2 rings (SSSR count). The van der Waals surface area contributed by atoms with E-state index in [0.29, 0.717) is 0 Å². The Labute approximate surface area is 81.8 Å². The highest BCUT2D eigenvalue weighted by Gasteiger charge is 2.04. The number of aromatic nitrogens is 1. The van der Waals surface area contributed by atoms with Gasteiger partial charge in [-0.1, -0.05) is 18.2 Å². The summed E-state index contributed by atoms with van der Waals surface area (Å²) in [5.41, 5.74) is 2.48. The van der Waals surface area contributed by atoms with Crippen molar-refractivity contribution in [3.63, 3.8) is 0 Å². The monoisotopic (exact) mass is 192 g/mol. The Balaban J connectivity index is 2.63. The first-order chi connectivity index (χ1) is 6.33. The zero-order valence-electron chi connectivity index (χ0n) is 7.79. The van der Waals surface area contributed by atoms with Crippen molar-refractivity contribution in [3.8, 4) is 0 Å². The first kappa shape index (κ1) is 8.66. The minimum Gasteiger partial charge on any atom is -0.316 e.